The van der Waals surface area contributed by atoms with Crippen LogP contribution in [0.4, 0.5) is 0 Å². The molecule has 0 aliphatic heterocycles. The summed E-state index contributed by atoms with van der Waals surface area (Å²) in [7, 11) is 1.95. The first-order chi connectivity index (χ1) is 7.18. The van der Waals surface area contributed by atoms with Crippen LogP contribution in [0.3, 0.4) is 0 Å². The molecule has 1 aromatic heterocycles. The van der Waals surface area contributed by atoms with E-state index in [1.54, 1.807) is 0 Å². The quantitative estimate of drug-likeness (QED) is 0.727. The number of aryl methyl sites for hydroxylation is 1. The zero-order valence-electron chi connectivity index (χ0n) is 9.44. The molecule has 2 aromatic rings. The Kier molecular flexibility index (Phi) is 2.58. The molecule has 0 N–H and O–H groups in total. The smallest absolute Gasteiger partial charge is 0.0925 e. The van der Waals surface area contributed by atoms with E-state index in [9.17, 15) is 0 Å². The molecule has 0 radical (unpaired) electrons. The van der Waals surface area contributed by atoms with Crippen LogP contribution < -0.4 is 0 Å². The summed E-state index contributed by atoms with van der Waals surface area (Å²) >= 11 is 0. The predicted octanol–water partition coefficient (Wildman–Crippen LogP) is 3.21. The average Bonchev–Trinajstić information content (AvgIpc) is 2.65. The zero-order valence-corrected chi connectivity index (χ0v) is 9.44. The van der Waals surface area contributed by atoms with Gasteiger partial charge in [0.25, 0.3) is 0 Å². The van der Waals surface area contributed by atoms with Crippen molar-refractivity contribution in [1.82, 2.24) is 9.78 Å². The lowest BCUT2D eigenvalue weighted by Gasteiger charge is -2.10. The predicted molar refractivity (Wildman–Crippen MR) is 62.7 cm³/mol. The normalized spacial score (nSPS) is 10.9. The van der Waals surface area contributed by atoms with Crippen LogP contribution in [-0.2, 0) is 7.05 Å². The molecule has 2 heteroatoms. The molecule has 15 heavy (non-hydrogen) atoms. The molecule has 78 valence electrons. The molecule has 0 amide bonds. The Morgan fingerprint density at radius 2 is 1.87 bits per heavy atom. The summed E-state index contributed by atoms with van der Waals surface area (Å²) in [5.41, 5.74) is 3.66. The van der Waals surface area contributed by atoms with Crippen LogP contribution in [0.25, 0.3) is 11.3 Å². The van der Waals surface area contributed by atoms with E-state index in [4.69, 9.17) is 0 Å². The van der Waals surface area contributed by atoms with Crippen LogP contribution in [0.2, 0.25) is 0 Å². The molecule has 0 bridgehead atoms. The Morgan fingerprint density at radius 3 is 2.47 bits per heavy atom. The molecular formula is C13H16N2. The van der Waals surface area contributed by atoms with Gasteiger partial charge in [-0.3, -0.25) is 4.68 Å². The highest BCUT2D eigenvalue weighted by molar-refractivity contribution is 5.63. The number of benzene rings is 1. The van der Waals surface area contributed by atoms with Gasteiger partial charge in [0.05, 0.1) is 5.69 Å². The number of rotatable bonds is 2. The number of aromatic nitrogens is 2. The van der Waals surface area contributed by atoms with Gasteiger partial charge in [-0.2, -0.15) is 5.10 Å². The average molecular weight is 200 g/mol. The van der Waals surface area contributed by atoms with Crippen LogP contribution in [0, 0.1) is 0 Å². The molecule has 0 unspecified atom stereocenters. The van der Waals surface area contributed by atoms with Gasteiger partial charge in [0.15, 0.2) is 0 Å². The second kappa shape index (κ2) is 3.89. The second-order valence-corrected chi connectivity index (χ2v) is 4.12. The van der Waals surface area contributed by atoms with Gasteiger partial charge in [-0.25, -0.2) is 0 Å². The first-order valence-electron chi connectivity index (χ1n) is 5.27. The lowest BCUT2D eigenvalue weighted by molar-refractivity contribution is 0.769. The second-order valence-electron chi connectivity index (χ2n) is 4.12. The molecule has 0 saturated heterocycles. The van der Waals surface area contributed by atoms with Crippen molar-refractivity contribution in [2.45, 2.75) is 19.8 Å². The third kappa shape index (κ3) is 1.94. The van der Waals surface area contributed by atoms with Gasteiger partial charge in [-0.15, -0.1) is 0 Å². The fraction of sp³-hybridized carbons (Fsp3) is 0.308. The van der Waals surface area contributed by atoms with Gasteiger partial charge < -0.3 is 0 Å². The largest absolute Gasteiger partial charge is 0.275 e. The molecule has 2 rings (SSSR count). The lowest BCUT2D eigenvalue weighted by atomic mass is 9.96. The molecule has 0 aliphatic carbocycles. The SMILES string of the molecule is CC(C)c1ccccc1-c1ccn(C)n1. The fourth-order valence-corrected chi connectivity index (χ4v) is 1.79. The van der Waals surface area contributed by atoms with Gasteiger partial charge in [0.2, 0.25) is 0 Å². The zero-order chi connectivity index (χ0) is 10.8. The first-order valence-corrected chi connectivity index (χ1v) is 5.27. The van der Waals surface area contributed by atoms with E-state index >= 15 is 0 Å². The Bertz CT molecular complexity index is 455. The summed E-state index contributed by atoms with van der Waals surface area (Å²) < 4.78 is 1.84. The Morgan fingerprint density at radius 1 is 1.13 bits per heavy atom. The van der Waals surface area contributed by atoms with Crippen molar-refractivity contribution >= 4 is 0 Å². The van der Waals surface area contributed by atoms with E-state index < -0.39 is 0 Å². The van der Waals surface area contributed by atoms with E-state index in [0.29, 0.717) is 5.92 Å². The van der Waals surface area contributed by atoms with Crippen molar-refractivity contribution in [1.29, 1.82) is 0 Å². The van der Waals surface area contributed by atoms with E-state index in [1.807, 2.05) is 17.9 Å². The summed E-state index contributed by atoms with van der Waals surface area (Å²) in [6.07, 6.45) is 1.98. The van der Waals surface area contributed by atoms with Crippen LogP contribution in [0.5, 0.6) is 0 Å². The Labute approximate surface area is 90.6 Å². The third-order valence-corrected chi connectivity index (χ3v) is 2.57. The van der Waals surface area contributed by atoms with Crippen LogP contribution in [-0.4, -0.2) is 9.78 Å². The molecule has 2 nitrogen and oxygen atoms in total. The maximum atomic E-state index is 4.44. The number of nitrogens with zero attached hydrogens (tertiary/aromatic N) is 2. The Hall–Kier alpha value is -1.57. The van der Waals surface area contributed by atoms with Gasteiger partial charge in [0.1, 0.15) is 0 Å². The van der Waals surface area contributed by atoms with E-state index in [2.05, 4.69) is 49.3 Å². The monoisotopic (exact) mass is 200 g/mol. The van der Waals surface area contributed by atoms with E-state index in [0.717, 1.165) is 5.69 Å². The van der Waals surface area contributed by atoms with E-state index in [-0.39, 0.29) is 0 Å². The van der Waals surface area contributed by atoms with Crippen molar-refractivity contribution in [3.63, 3.8) is 0 Å². The first kappa shape index (κ1) is 9.97. The van der Waals surface area contributed by atoms with Crippen molar-refractivity contribution in [2.75, 3.05) is 0 Å². The summed E-state index contributed by atoms with van der Waals surface area (Å²) in [4.78, 5) is 0. The van der Waals surface area contributed by atoms with E-state index in [1.165, 1.54) is 11.1 Å². The summed E-state index contributed by atoms with van der Waals surface area (Å²) in [6, 6.07) is 10.5. The van der Waals surface area contributed by atoms with Crippen LogP contribution in [0.1, 0.15) is 25.3 Å². The molecular weight excluding hydrogens is 184 g/mol. The highest BCUT2D eigenvalue weighted by Gasteiger charge is 2.09. The maximum absolute atomic E-state index is 4.44. The summed E-state index contributed by atoms with van der Waals surface area (Å²) in [5, 5.41) is 4.44. The molecule has 0 aliphatic rings. The molecule has 0 saturated carbocycles. The molecule has 1 heterocycles. The highest BCUT2D eigenvalue weighted by Crippen LogP contribution is 2.27. The lowest BCUT2D eigenvalue weighted by Crippen LogP contribution is -1.93. The standard InChI is InChI=1S/C13H16N2/c1-10(2)11-6-4-5-7-12(11)13-8-9-15(3)14-13/h4-10H,1-3H3. The van der Waals surface area contributed by atoms with Crippen LogP contribution in [0.15, 0.2) is 36.5 Å². The number of hydrogen-bond acceptors (Lipinski definition) is 1. The summed E-state index contributed by atoms with van der Waals surface area (Å²) in [6.45, 7) is 4.42. The Balaban J connectivity index is 2.52. The van der Waals surface area contributed by atoms with Gasteiger partial charge >= 0.3 is 0 Å². The molecule has 1 aromatic carbocycles. The van der Waals surface area contributed by atoms with Crippen molar-refractivity contribution in [3.05, 3.63) is 42.1 Å². The van der Waals surface area contributed by atoms with Crippen LogP contribution >= 0.6 is 0 Å². The number of hydrogen-bond donors (Lipinski definition) is 0. The minimum atomic E-state index is 0.531. The maximum Gasteiger partial charge on any atom is 0.0925 e. The summed E-state index contributed by atoms with van der Waals surface area (Å²) in [5.74, 6) is 0.531. The topological polar surface area (TPSA) is 17.8 Å². The molecule has 0 fully saturated rings. The minimum Gasteiger partial charge on any atom is -0.275 e. The third-order valence-electron chi connectivity index (χ3n) is 2.57. The molecule has 0 spiro atoms. The van der Waals surface area contributed by atoms with Crippen molar-refractivity contribution in [3.8, 4) is 11.3 Å². The van der Waals surface area contributed by atoms with Crippen molar-refractivity contribution < 1.29 is 0 Å². The van der Waals surface area contributed by atoms with Crippen molar-refractivity contribution in [2.24, 2.45) is 7.05 Å². The van der Waals surface area contributed by atoms with Gasteiger partial charge in [0, 0.05) is 18.8 Å². The fourth-order valence-electron chi connectivity index (χ4n) is 1.79. The van der Waals surface area contributed by atoms with Gasteiger partial charge in [-0.1, -0.05) is 38.1 Å². The minimum absolute atomic E-state index is 0.531. The molecule has 0 atom stereocenters. The highest BCUT2D eigenvalue weighted by atomic mass is 15.2. The van der Waals surface area contributed by atoms with Gasteiger partial charge in [-0.05, 0) is 17.5 Å².